The van der Waals surface area contributed by atoms with Crippen molar-refractivity contribution >= 4 is 11.5 Å². The van der Waals surface area contributed by atoms with Gasteiger partial charge in [0.15, 0.2) is 0 Å². The number of ether oxygens (including phenoxy) is 2. The van der Waals surface area contributed by atoms with Gasteiger partial charge in [-0.05, 0) is 19.9 Å². The first-order chi connectivity index (χ1) is 8.54. The van der Waals surface area contributed by atoms with Crippen molar-refractivity contribution in [1.29, 1.82) is 0 Å². The third-order valence-corrected chi connectivity index (χ3v) is 2.07. The standard InChI is InChI=1S/C11H17N3O4/c1-8(2)17-6-7-18-11-9(14(15)16)4-5-10(12-3)13-11/h4-5,8H,6-7H2,1-3H3,(H,12,13). The van der Waals surface area contributed by atoms with Gasteiger partial charge < -0.3 is 14.8 Å². The molecule has 0 aliphatic carbocycles. The molecule has 18 heavy (non-hydrogen) atoms. The van der Waals surface area contributed by atoms with Gasteiger partial charge in [-0.1, -0.05) is 0 Å². The molecule has 1 aromatic heterocycles. The van der Waals surface area contributed by atoms with E-state index < -0.39 is 4.92 Å². The average molecular weight is 255 g/mol. The highest BCUT2D eigenvalue weighted by Gasteiger charge is 2.17. The van der Waals surface area contributed by atoms with Crippen molar-refractivity contribution < 1.29 is 14.4 Å². The molecule has 1 N–H and O–H groups in total. The number of aromatic nitrogens is 1. The average Bonchev–Trinajstić information content (AvgIpc) is 2.33. The summed E-state index contributed by atoms with van der Waals surface area (Å²) in [4.78, 5) is 14.3. The van der Waals surface area contributed by atoms with Crippen LogP contribution >= 0.6 is 0 Å². The second kappa shape index (κ2) is 6.75. The summed E-state index contributed by atoms with van der Waals surface area (Å²) in [5.41, 5.74) is -0.154. The monoisotopic (exact) mass is 255 g/mol. The predicted molar refractivity (Wildman–Crippen MR) is 67.0 cm³/mol. The van der Waals surface area contributed by atoms with Crippen LogP contribution in [0.3, 0.4) is 0 Å². The maximum absolute atomic E-state index is 10.8. The Bertz CT molecular complexity index is 409. The van der Waals surface area contributed by atoms with E-state index in [1.165, 1.54) is 12.1 Å². The SMILES string of the molecule is CNc1ccc([N+](=O)[O-])c(OCCOC(C)C)n1. The topological polar surface area (TPSA) is 86.5 Å². The normalized spacial score (nSPS) is 10.4. The van der Waals surface area contributed by atoms with Crippen LogP contribution in [0.4, 0.5) is 11.5 Å². The molecule has 1 aromatic rings. The summed E-state index contributed by atoms with van der Waals surface area (Å²) in [6.45, 7) is 4.39. The van der Waals surface area contributed by atoms with Gasteiger partial charge in [-0.3, -0.25) is 10.1 Å². The smallest absolute Gasteiger partial charge is 0.331 e. The van der Waals surface area contributed by atoms with Crippen LogP contribution in [0.25, 0.3) is 0 Å². The summed E-state index contributed by atoms with van der Waals surface area (Å²) in [6, 6.07) is 2.88. The van der Waals surface area contributed by atoms with Crippen molar-refractivity contribution in [3.8, 4) is 5.88 Å². The van der Waals surface area contributed by atoms with Crippen molar-refractivity contribution in [2.75, 3.05) is 25.6 Å². The van der Waals surface area contributed by atoms with Crippen LogP contribution in [0.5, 0.6) is 5.88 Å². The number of hydrogen-bond acceptors (Lipinski definition) is 6. The molecule has 0 bridgehead atoms. The molecule has 0 aliphatic rings. The fourth-order valence-electron chi connectivity index (χ4n) is 1.24. The molecular formula is C11H17N3O4. The molecule has 0 radical (unpaired) electrons. The van der Waals surface area contributed by atoms with E-state index in [1.807, 2.05) is 13.8 Å². The van der Waals surface area contributed by atoms with E-state index in [0.29, 0.717) is 12.4 Å². The maximum Gasteiger partial charge on any atom is 0.331 e. The number of rotatable bonds is 7. The molecule has 7 nitrogen and oxygen atoms in total. The maximum atomic E-state index is 10.8. The van der Waals surface area contributed by atoms with Gasteiger partial charge in [0.1, 0.15) is 12.4 Å². The van der Waals surface area contributed by atoms with Crippen LogP contribution in [0, 0.1) is 10.1 Å². The molecule has 7 heteroatoms. The van der Waals surface area contributed by atoms with Crippen molar-refractivity contribution in [3.63, 3.8) is 0 Å². The molecule has 0 atom stereocenters. The number of nitro groups is 1. The first-order valence-corrected chi connectivity index (χ1v) is 5.62. The number of nitrogens with one attached hydrogen (secondary N) is 1. The Morgan fingerprint density at radius 3 is 2.72 bits per heavy atom. The minimum absolute atomic E-state index is 0.000735. The Morgan fingerprint density at radius 2 is 2.17 bits per heavy atom. The molecule has 1 heterocycles. The molecule has 0 saturated carbocycles. The van der Waals surface area contributed by atoms with E-state index in [4.69, 9.17) is 9.47 Å². The first kappa shape index (κ1) is 14.2. The summed E-state index contributed by atoms with van der Waals surface area (Å²) in [6.07, 6.45) is 0.0974. The summed E-state index contributed by atoms with van der Waals surface area (Å²) >= 11 is 0. The van der Waals surface area contributed by atoms with Crippen LogP contribution in [-0.4, -0.2) is 36.3 Å². The van der Waals surface area contributed by atoms with Gasteiger partial charge >= 0.3 is 5.69 Å². The molecule has 0 saturated heterocycles. The van der Waals surface area contributed by atoms with E-state index in [9.17, 15) is 10.1 Å². The lowest BCUT2D eigenvalue weighted by Crippen LogP contribution is -2.12. The van der Waals surface area contributed by atoms with E-state index in [-0.39, 0.29) is 24.3 Å². The minimum Gasteiger partial charge on any atom is -0.470 e. The van der Waals surface area contributed by atoms with Gasteiger partial charge in [0.25, 0.3) is 5.88 Å². The van der Waals surface area contributed by atoms with Gasteiger partial charge in [0, 0.05) is 13.1 Å². The zero-order valence-corrected chi connectivity index (χ0v) is 10.7. The Hall–Kier alpha value is -1.89. The molecule has 0 aromatic carbocycles. The third kappa shape index (κ3) is 4.17. The second-order valence-corrected chi connectivity index (χ2v) is 3.80. The van der Waals surface area contributed by atoms with Crippen LogP contribution in [-0.2, 0) is 4.74 Å². The van der Waals surface area contributed by atoms with Crippen LogP contribution < -0.4 is 10.1 Å². The highest BCUT2D eigenvalue weighted by molar-refractivity contribution is 5.48. The van der Waals surface area contributed by atoms with Crippen LogP contribution in [0.2, 0.25) is 0 Å². The van der Waals surface area contributed by atoms with Crippen LogP contribution in [0.15, 0.2) is 12.1 Å². The molecule has 0 amide bonds. The van der Waals surface area contributed by atoms with Gasteiger partial charge in [0.05, 0.1) is 17.6 Å². The zero-order valence-electron chi connectivity index (χ0n) is 10.7. The molecule has 100 valence electrons. The molecule has 0 fully saturated rings. The van der Waals surface area contributed by atoms with Crippen LogP contribution in [0.1, 0.15) is 13.8 Å². The minimum atomic E-state index is -0.523. The zero-order chi connectivity index (χ0) is 13.5. The highest BCUT2D eigenvalue weighted by atomic mass is 16.6. The second-order valence-electron chi connectivity index (χ2n) is 3.80. The largest absolute Gasteiger partial charge is 0.470 e. The summed E-state index contributed by atoms with van der Waals surface area (Å²) in [7, 11) is 1.68. The van der Waals surface area contributed by atoms with E-state index in [0.717, 1.165) is 0 Å². The molecule has 0 aliphatic heterocycles. The Kier molecular flexibility index (Phi) is 5.31. The molecule has 0 spiro atoms. The highest BCUT2D eigenvalue weighted by Crippen LogP contribution is 2.25. The van der Waals surface area contributed by atoms with Crippen molar-refractivity contribution in [3.05, 3.63) is 22.2 Å². The number of anilines is 1. The summed E-state index contributed by atoms with van der Waals surface area (Å²) in [5, 5.41) is 13.6. The van der Waals surface area contributed by atoms with Gasteiger partial charge in [-0.15, -0.1) is 0 Å². The lowest BCUT2D eigenvalue weighted by molar-refractivity contribution is -0.386. The van der Waals surface area contributed by atoms with E-state index in [2.05, 4.69) is 10.3 Å². The third-order valence-electron chi connectivity index (χ3n) is 2.07. The molecule has 0 unspecified atom stereocenters. The van der Waals surface area contributed by atoms with Crippen molar-refractivity contribution in [2.24, 2.45) is 0 Å². The predicted octanol–water partition coefficient (Wildman–Crippen LogP) is 1.84. The number of pyridine rings is 1. The fourth-order valence-corrected chi connectivity index (χ4v) is 1.24. The Morgan fingerprint density at radius 1 is 1.44 bits per heavy atom. The first-order valence-electron chi connectivity index (χ1n) is 5.62. The van der Waals surface area contributed by atoms with Crippen molar-refractivity contribution in [2.45, 2.75) is 20.0 Å². The Labute approximate surface area is 105 Å². The van der Waals surface area contributed by atoms with Gasteiger partial charge in [-0.2, -0.15) is 4.98 Å². The van der Waals surface area contributed by atoms with Crippen molar-refractivity contribution in [1.82, 2.24) is 4.98 Å². The van der Waals surface area contributed by atoms with Gasteiger partial charge in [0.2, 0.25) is 0 Å². The Balaban J connectivity index is 2.69. The number of nitrogens with zero attached hydrogens (tertiary/aromatic N) is 2. The van der Waals surface area contributed by atoms with E-state index in [1.54, 1.807) is 7.05 Å². The lowest BCUT2D eigenvalue weighted by atomic mass is 10.4. The quantitative estimate of drug-likeness (QED) is 0.454. The van der Waals surface area contributed by atoms with Gasteiger partial charge in [-0.25, -0.2) is 0 Å². The number of hydrogen-bond donors (Lipinski definition) is 1. The van der Waals surface area contributed by atoms with E-state index >= 15 is 0 Å². The molecule has 1 rings (SSSR count). The fraction of sp³-hybridized carbons (Fsp3) is 0.545. The summed E-state index contributed by atoms with van der Waals surface area (Å²) < 4.78 is 10.6. The molecular weight excluding hydrogens is 238 g/mol. The summed E-state index contributed by atoms with van der Waals surface area (Å²) in [5.74, 6) is 0.514. The lowest BCUT2D eigenvalue weighted by Gasteiger charge is -2.09.